The number of esters is 1. The van der Waals surface area contributed by atoms with E-state index in [1.54, 1.807) is 19.1 Å². The zero-order valence-corrected chi connectivity index (χ0v) is 13.5. The van der Waals surface area contributed by atoms with E-state index in [1.165, 1.54) is 13.2 Å². The van der Waals surface area contributed by atoms with Gasteiger partial charge in [-0.1, -0.05) is 34.6 Å². The minimum atomic E-state index is -3.86. The summed E-state index contributed by atoms with van der Waals surface area (Å²) in [7, 11) is -2.63. The monoisotopic (exact) mass is 346 g/mol. The van der Waals surface area contributed by atoms with Crippen molar-refractivity contribution in [3.63, 3.8) is 0 Å². The zero-order chi connectivity index (χ0) is 15.6. The molecule has 9 heteroatoms. The summed E-state index contributed by atoms with van der Waals surface area (Å²) in [6, 6.07) is 4.73. The van der Waals surface area contributed by atoms with Gasteiger partial charge in [0.15, 0.2) is 8.68 Å². The molecule has 0 aliphatic rings. The summed E-state index contributed by atoms with van der Waals surface area (Å²) in [5.41, 5.74) is 1.08. The SMILES string of the molecule is COC(=O)c1cc(C)ccc1NS(=O)(=O)c1cnc(Cl)s1. The van der Waals surface area contributed by atoms with Gasteiger partial charge in [-0.3, -0.25) is 4.72 Å². The van der Waals surface area contributed by atoms with Gasteiger partial charge in [0.1, 0.15) is 0 Å². The van der Waals surface area contributed by atoms with E-state index in [1.807, 2.05) is 0 Å². The minimum absolute atomic E-state index is 0.0381. The van der Waals surface area contributed by atoms with E-state index in [4.69, 9.17) is 11.6 Å². The fraction of sp³-hybridized carbons (Fsp3) is 0.167. The quantitative estimate of drug-likeness (QED) is 0.860. The van der Waals surface area contributed by atoms with Gasteiger partial charge in [-0.2, -0.15) is 0 Å². The summed E-state index contributed by atoms with van der Waals surface area (Å²) in [6.07, 6.45) is 1.15. The van der Waals surface area contributed by atoms with Crippen molar-refractivity contribution in [3.8, 4) is 0 Å². The fourth-order valence-electron chi connectivity index (χ4n) is 1.58. The molecule has 0 aliphatic carbocycles. The van der Waals surface area contributed by atoms with Gasteiger partial charge in [-0.25, -0.2) is 18.2 Å². The van der Waals surface area contributed by atoms with Crippen LogP contribution in [0.2, 0.25) is 4.47 Å². The lowest BCUT2D eigenvalue weighted by atomic mass is 10.1. The Labute approximate surface area is 130 Å². The molecule has 2 rings (SSSR count). The van der Waals surface area contributed by atoms with Gasteiger partial charge >= 0.3 is 5.97 Å². The number of halogens is 1. The number of carbonyl (C=O) groups is 1. The molecule has 0 fully saturated rings. The van der Waals surface area contributed by atoms with Crippen LogP contribution in [0.5, 0.6) is 0 Å². The summed E-state index contributed by atoms with van der Waals surface area (Å²) in [5, 5.41) is 0. The maximum atomic E-state index is 12.2. The smallest absolute Gasteiger partial charge is 0.340 e. The van der Waals surface area contributed by atoms with E-state index in [-0.39, 0.29) is 19.9 Å². The molecule has 0 saturated heterocycles. The largest absolute Gasteiger partial charge is 0.465 e. The van der Waals surface area contributed by atoms with Crippen LogP contribution in [0.4, 0.5) is 5.69 Å². The standard InChI is InChI=1S/C12H11ClN2O4S2/c1-7-3-4-9(8(5-7)11(16)19-2)15-21(17,18)10-6-14-12(13)20-10/h3-6,15H,1-2H3. The number of ether oxygens (including phenoxy) is 1. The van der Waals surface area contributed by atoms with Crippen molar-refractivity contribution < 1.29 is 17.9 Å². The normalized spacial score (nSPS) is 11.2. The van der Waals surface area contributed by atoms with Crippen molar-refractivity contribution in [1.29, 1.82) is 0 Å². The number of nitrogens with zero attached hydrogens (tertiary/aromatic N) is 1. The average Bonchev–Trinajstić information content (AvgIpc) is 2.87. The first-order valence-corrected chi connectivity index (χ1v) is 8.34. The molecule has 0 amide bonds. The van der Waals surface area contributed by atoms with Crippen LogP contribution in [-0.4, -0.2) is 26.5 Å². The third-order valence-corrected chi connectivity index (χ3v) is 5.49. The molecule has 0 radical (unpaired) electrons. The first-order valence-electron chi connectivity index (χ1n) is 5.66. The Bertz CT molecular complexity index is 786. The second-order valence-electron chi connectivity index (χ2n) is 4.08. The van der Waals surface area contributed by atoms with Crippen LogP contribution < -0.4 is 4.72 Å². The van der Waals surface area contributed by atoms with Crippen molar-refractivity contribution in [2.45, 2.75) is 11.1 Å². The Morgan fingerprint density at radius 3 is 2.71 bits per heavy atom. The number of sulfonamides is 1. The lowest BCUT2D eigenvalue weighted by Gasteiger charge is -2.11. The van der Waals surface area contributed by atoms with E-state index < -0.39 is 16.0 Å². The molecule has 0 spiro atoms. The molecule has 21 heavy (non-hydrogen) atoms. The van der Waals surface area contributed by atoms with Crippen molar-refractivity contribution in [3.05, 3.63) is 40.0 Å². The lowest BCUT2D eigenvalue weighted by molar-refractivity contribution is 0.0602. The molecule has 1 N–H and O–H groups in total. The van der Waals surface area contributed by atoms with Gasteiger partial charge in [-0.15, -0.1) is 0 Å². The number of hydrogen-bond acceptors (Lipinski definition) is 6. The predicted octanol–water partition coefficient (Wildman–Crippen LogP) is 2.69. The van der Waals surface area contributed by atoms with Crippen LogP contribution in [0.1, 0.15) is 15.9 Å². The number of aromatic nitrogens is 1. The molecule has 0 aliphatic heterocycles. The third kappa shape index (κ3) is 3.52. The van der Waals surface area contributed by atoms with Gasteiger partial charge in [0.2, 0.25) is 0 Å². The van der Waals surface area contributed by atoms with E-state index in [2.05, 4.69) is 14.4 Å². The summed E-state index contributed by atoms with van der Waals surface area (Å²) in [6.45, 7) is 1.79. The molecule has 2 aromatic rings. The Kier molecular flexibility index (Phi) is 4.50. The first kappa shape index (κ1) is 15.7. The van der Waals surface area contributed by atoms with Crippen molar-refractivity contribution in [2.75, 3.05) is 11.8 Å². The van der Waals surface area contributed by atoms with Crippen molar-refractivity contribution in [2.24, 2.45) is 0 Å². The summed E-state index contributed by atoms with van der Waals surface area (Å²) < 4.78 is 31.5. The van der Waals surface area contributed by atoms with Crippen LogP contribution in [-0.2, 0) is 14.8 Å². The first-order chi connectivity index (χ1) is 9.83. The Morgan fingerprint density at radius 1 is 1.43 bits per heavy atom. The Balaban J connectivity index is 2.42. The van der Waals surface area contributed by atoms with E-state index in [0.29, 0.717) is 0 Å². The molecule has 0 atom stereocenters. The van der Waals surface area contributed by atoms with Gasteiger partial charge in [0, 0.05) is 0 Å². The van der Waals surface area contributed by atoms with Crippen molar-refractivity contribution in [1.82, 2.24) is 4.98 Å². The number of anilines is 1. The number of aryl methyl sites for hydroxylation is 1. The molecule has 1 heterocycles. The second-order valence-corrected chi connectivity index (χ2v) is 7.60. The van der Waals surface area contributed by atoms with Crippen LogP contribution in [0, 0.1) is 6.92 Å². The Hall–Kier alpha value is -1.64. The number of rotatable bonds is 4. The van der Waals surface area contributed by atoms with Crippen LogP contribution in [0.25, 0.3) is 0 Å². The maximum absolute atomic E-state index is 12.2. The van der Waals surface area contributed by atoms with Crippen LogP contribution >= 0.6 is 22.9 Å². The van der Waals surface area contributed by atoms with Gasteiger partial charge in [0.25, 0.3) is 10.0 Å². The number of thiazole rings is 1. The summed E-state index contributed by atoms with van der Waals surface area (Å²) >= 11 is 6.46. The Morgan fingerprint density at radius 2 is 2.14 bits per heavy atom. The molecule has 0 unspecified atom stereocenters. The topological polar surface area (TPSA) is 85.4 Å². The van der Waals surface area contributed by atoms with Crippen molar-refractivity contribution >= 4 is 44.6 Å². The van der Waals surface area contributed by atoms with E-state index in [0.717, 1.165) is 23.1 Å². The molecule has 6 nitrogen and oxygen atoms in total. The van der Waals surface area contributed by atoms with Gasteiger partial charge in [-0.05, 0) is 19.1 Å². The highest BCUT2D eigenvalue weighted by Crippen LogP contribution is 2.26. The highest BCUT2D eigenvalue weighted by Gasteiger charge is 2.21. The van der Waals surface area contributed by atoms with Crippen LogP contribution in [0.3, 0.4) is 0 Å². The number of methoxy groups -OCH3 is 1. The van der Waals surface area contributed by atoms with Gasteiger partial charge < -0.3 is 4.74 Å². The van der Waals surface area contributed by atoms with E-state index in [9.17, 15) is 13.2 Å². The average molecular weight is 347 g/mol. The maximum Gasteiger partial charge on any atom is 0.340 e. The second kappa shape index (κ2) is 6.00. The highest BCUT2D eigenvalue weighted by atomic mass is 35.5. The third-order valence-electron chi connectivity index (χ3n) is 2.55. The number of nitrogens with one attached hydrogen (secondary N) is 1. The molecule has 0 saturated carbocycles. The molecule has 1 aromatic carbocycles. The molecule has 0 bridgehead atoms. The molecule has 112 valence electrons. The summed E-state index contributed by atoms with van der Waals surface area (Å²) in [5.74, 6) is -0.626. The van der Waals surface area contributed by atoms with E-state index >= 15 is 0 Å². The lowest BCUT2D eigenvalue weighted by Crippen LogP contribution is -2.15. The minimum Gasteiger partial charge on any atom is -0.465 e. The number of benzene rings is 1. The summed E-state index contributed by atoms with van der Waals surface area (Å²) in [4.78, 5) is 15.4. The zero-order valence-electron chi connectivity index (χ0n) is 11.1. The molecule has 1 aromatic heterocycles. The predicted molar refractivity (Wildman–Crippen MR) is 80.5 cm³/mol. The number of carbonyl (C=O) groups excluding carboxylic acids is 1. The molecular formula is C12H11ClN2O4S2. The fourth-order valence-corrected chi connectivity index (χ4v) is 3.96. The molecular weight excluding hydrogens is 336 g/mol. The number of hydrogen-bond donors (Lipinski definition) is 1. The van der Waals surface area contributed by atoms with Gasteiger partial charge in [0.05, 0.1) is 24.6 Å². The highest BCUT2D eigenvalue weighted by molar-refractivity contribution is 7.94. The van der Waals surface area contributed by atoms with Crippen LogP contribution in [0.15, 0.2) is 28.6 Å².